The number of phenolic OH excluding ortho intramolecular Hbond substituents is 1. The van der Waals surface area contributed by atoms with Gasteiger partial charge in [0.25, 0.3) is 0 Å². The number of aliphatic hydroxyl groups is 1. The highest BCUT2D eigenvalue weighted by molar-refractivity contribution is 6.30. The molecule has 1 heterocycles. The van der Waals surface area contributed by atoms with Crippen molar-refractivity contribution in [2.45, 2.75) is 18.6 Å². The van der Waals surface area contributed by atoms with Gasteiger partial charge in [0.15, 0.2) is 11.5 Å². The van der Waals surface area contributed by atoms with Crippen molar-refractivity contribution >= 4 is 11.6 Å². The average molecular weight is 307 g/mol. The lowest BCUT2D eigenvalue weighted by atomic mass is 9.95. The van der Waals surface area contributed by atoms with Crippen molar-refractivity contribution in [1.29, 1.82) is 0 Å². The normalized spacial score (nSPS) is 20.5. The molecule has 3 rings (SSSR count). The predicted octanol–water partition coefficient (Wildman–Crippen LogP) is 3.61. The molecule has 2 aromatic rings. The highest BCUT2D eigenvalue weighted by atomic mass is 35.5. The number of phenols is 1. The van der Waals surface area contributed by atoms with Gasteiger partial charge in [-0.15, -0.1) is 0 Å². The molecule has 21 heavy (non-hydrogen) atoms. The van der Waals surface area contributed by atoms with E-state index in [1.165, 1.54) is 7.11 Å². The zero-order chi connectivity index (χ0) is 15.0. The Kier molecular flexibility index (Phi) is 3.66. The molecule has 1 aliphatic heterocycles. The monoisotopic (exact) mass is 306 g/mol. The second-order valence-electron chi connectivity index (χ2n) is 4.97. The summed E-state index contributed by atoms with van der Waals surface area (Å²) in [7, 11) is 1.50. The Morgan fingerprint density at radius 1 is 1.24 bits per heavy atom. The first-order chi connectivity index (χ1) is 10.1. The third-order valence-electron chi connectivity index (χ3n) is 3.61. The van der Waals surface area contributed by atoms with Crippen molar-refractivity contribution in [2.75, 3.05) is 7.11 Å². The molecule has 0 aliphatic carbocycles. The minimum absolute atomic E-state index is 0.0509. The number of fused-ring (bicyclic) bond motifs is 1. The number of hydrogen-bond acceptors (Lipinski definition) is 4. The van der Waals surface area contributed by atoms with Crippen LogP contribution in [-0.2, 0) is 0 Å². The average Bonchev–Trinajstić information content (AvgIpc) is 2.47. The maximum atomic E-state index is 10.3. The second-order valence-corrected chi connectivity index (χ2v) is 5.41. The lowest BCUT2D eigenvalue weighted by Gasteiger charge is -2.30. The van der Waals surface area contributed by atoms with E-state index in [0.717, 1.165) is 5.56 Å². The molecule has 0 fully saturated rings. The van der Waals surface area contributed by atoms with E-state index < -0.39 is 6.10 Å². The highest BCUT2D eigenvalue weighted by Gasteiger charge is 2.28. The Bertz CT molecular complexity index is 671. The van der Waals surface area contributed by atoms with E-state index in [1.807, 2.05) is 6.07 Å². The number of ether oxygens (including phenoxy) is 2. The summed E-state index contributed by atoms with van der Waals surface area (Å²) in [5, 5.41) is 20.7. The van der Waals surface area contributed by atoms with E-state index in [1.54, 1.807) is 30.3 Å². The van der Waals surface area contributed by atoms with Crippen molar-refractivity contribution in [3.05, 3.63) is 52.5 Å². The van der Waals surface area contributed by atoms with Crippen molar-refractivity contribution in [3.8, 4) is 17.2 Å². The SMILES string of the molecule is COc1ccc(C2C[C@@H](O)c3cc(Cl)ccc3O2)cc1O. The molecule has 110 valence electrons. The van der Waals surface area contributed by atoms with Crippen molar-refractivity contribution in [3.63, 3.8) is 0 Å². The van der Waals surface area contributed by atoms with Gasteiger partial charge < -0.3 is 19.7 Å². The molecule has 1 unspecified atom stereocenters. The van der Waals surface area contributed by atoms with Crippen molar-refractivity contribution in [1.82, 2.24) is 0 Å². The van der Waals surface area contributed by atoms with Gasteiger partial charge in [-0.25, -0.2) is 0 Å². The molecule has 0 radical (unpaired) electrons. The molecule has 1 aliphatic rings. The molecule has 5 heteroatoms. The number of aliphatic hydroxyl groups excluding tert-OH is 1. The van der Waals surface area contributed by atoms with Crippen LogP contribution in [0, 0.1) is 0 Å². The van der Waals surface area contributed by atoms with Crippen LogP contribution in [0.25, 0.3) is 0 Å². The van der Waals surface area contributed by atoms with Crippen LogP contribution in [0.2, 0.25) is 5.02 Å². The lowest BCUT2D eigenvalue weighted by molar-refractivity contribution is 0.0656. The van der Waals surface area contributed by atoms with Gasteiger partial charge in [-0.1, -0.05) is 17.7 Å². The number of aromatic hydroxyl groups is 1. The molecule has 2 N–H and O–H groups in total. The first-order valence-electron chi connectivity index (χ1n) is 6.59. The van der Waals surface area contributed by atoms with Gasteiger partial charge in [0.1, 0.15) is 11.9 Å². The molecule has 0 saturated carbocycles. The van der Waals surface area contributed by atoms with Crippen LogP contribution >= 0.6 is 11.6 Å². The van der Waals surface area contributed by atoms with Gasteiger partial charge in [0.2, 0.25) is 0 Å². The molecule has 0 spiro atoms. The Balaban J connectivity index is 1.92. The maximum Gasteiger partial charge on any atom is 0.160 e. The molecule has 0 amide bonds. The zero-order valence-corrected chi connectivity index (χ0v) is 12.2. The van der Waals surface area contributed by atoms with Gasteiger partial charge >= 0.3 is 0 Å². The summed E-state index contributed by atoms with van der Waals surface area (Å²) in [4.78, 5) is 0. The summed E-state index contributed by atoms with van der Waals surface area (Å²) in [5.41, 5.74) is 1.48. The van der Waals surface area contributed by atoms with E-state index in [-0.39, 0.29) is 11.9 Å². The van der Waals surface area contributed by atoms with Gasteiger partial charge in [-0.05, 0) is 35.9 Å². The van der Waals surface area contributed by atoms with Crippen LogP contribution < -0.4 is 9.47 Å². The molecule has 0 aromatic heterocycles. The summed E-state index contributed by atoms with van der Waals surface area (Å²) in [6.07, 6.45) is -0.578. The van der Waals surface area contributed by atoms with Crippen LogP contribution in [0.15, 0.2) is 36.4 Å². The summed E-state index contributed by atoms with van der Waals surface area (Å²) in [5.74, 6) is 1.07. The first kappa shape index (κ1) is 14.0. The van der Waals surface area contributed by atoms with E-state index in [4.69, 9.17) is 21.1 Å². The fourth-order valence-corrected chi connectivity index (χ4v) is 2.71. The summed E-state index contributed by atoms with van der Waals surface area (Å²) < 4.78 is 10.9. The van der Waals surface area contributed by atoms with E-state index in [9.17, 15) is 10.2 Å². The van der Waals surface area contributed by atoms with E-state index in [2.05, 4.69) is 0 Å². The smallest absolute Gasteiger partial charge is 0.160 e. The van der Waals surface area contributed by atoms with Gasteiger partial charge in [0.05, 0.1) is 13.2 Å². The molecule has 2 atom stereocenters. The number of benzene rings is 2. The number of hydrogen-bond donors (Lipinski definition) is 2. The predicted molar refractivity (Wildman–Crippen MR) is 79.1 cm³/mol. The van der Waals surface area contributed by atoms with Crippen LogP contribution in [0.3, 0.4) is 0 Å². The Morgan fingerprint density at radius 3 is 2.76 bits per heavy atom. The van der Waals surface area contributed by atoms with E-state index >= 15 is 0 Å². The summed E-state index contributed by atoms with van der Waals surface area (Å²) in [6.45, 7) is 0. The Hall–Kier alpha value is -1.91. The zero-order valence-electron chi connectivity index (χ0n) is 11.4. The van der Waals surface area contributed by atoms with Gasteiger partial charge in [0, 0.05) is 17.0 Å². The third kappa shape index (κ3) is 2.64. The largest absolute Gasteiger partial charge is 0.504 e. The lowest BCUT2D eigenvalue weighted by Crippen LogP contribution is -2.19. The molecule has 4 nitrogen and oxygen atoms in total. The first-order valence-corrected chi connectivity index (χ1v) is 6.97. The summed E-state index contributed by atoms with van der Waals surface area (Å²) >= 11 is 5.94. The maximum absolute atomic E-state index is 10.3. The van der Waals surface area contributed by atoms with Gasteiger partial charge in [-0.2, -0.15) is 0 Å². The fraction of sp³-hybridized carbons (Fsp3) is 0.250. The Labute approximate surface area is 127 Å². The third-order valence-corrected chi connectivity index (χ3v) is 3.85. The number of halogens is 1. The Morgan fingerprint density at radius 2 is 2.05 bits per heavy atom. The summed E-state index contributed by atoms with van der Waals surface area (Å²) in [6, 6.07) is 10.3. The minimum atomic E-state index is -0.651. The van der Waals surface area contributed by atoms with Crippen molar-refractivity contribution in [2.24, 2.45) is 0 Å². The molecule has 2 aromatic carbocycles. The van der Waals surface area contributed by atoms with Crippen LogP contribution in [0.5, 0.6) is 17.2 Å². The topological polar surface area (TPSA) is 58.9 Å². The molecular weight excluding hydrogens is 292 g/mol. The van der Waals surface area contributed by atoms with Crippen molar-refractivity contribution < 1.29 is 19.7 Å². The second kappa shape index (κ2) is 5.47. The standard InChI is InChI=1S/C16H15ClO4/c1-20-15-4-2-9(6-13(15)19)16-8-12(18)11-7-10(17)3-5-14(11)21-16/h2-7,12,16,18-19H,8H2,1H3/t12-,16?/m1/s1. The minimum Gasteiger partial charge on any atom is -0.504 e. The quantitative estimate of drug-likeness (QED) is 0.890. The molecule has 0 saturated heterocycles. The van der Waals surface area contributed by atoms with Crippen LogP contribution in [-0.4, -0.2) is 17.3 Å². The number of rotatable bonds is 2. The number of methoxy groups -OCH3 is 1. The van der Waals surface area contributed by atoms with Crippen LogP contribution in [0.4, 0.5) is 0 Å². The highest BCUT2D eigenvalue weighted by Crippen LogP contribution is 2.42. The van der Waals surface area contributed by atoms with Gasteiger partial charge in [-0.3, -0.25) is 0 Å². The van der Waals surface area contributed by atoms with E-state index in [0.29, 0.717) is 28.5 Å². The fourth-order valence-electron chi connectivity index (χ4n) is 2.53. The molecular formula is C16H15ClO4. The molecule has 0 bridgehead atoms. The van der Waals surface area contributed by atoms with Crippen LogP contribution in [0.1, 0.15) is 29.8 Å².